The Labute approximate surface area is 173 Å². The molecule has 1 fully saturated rings. The van der Waals surface area contributed by atoms with Crippen LogP contribution in [0.3, 0.4) is 0 Å². The summed E-state index contributed by atoms with van der Waals surface area (Å²) in [5, 5.41) is 2.40. The molecule has 2 unspecified atom stereocenters. The van der Waals surface area contributed by atoms with Gasteiger partial charge in [0, 0.05) is 17.8 Å². The van der Waals surface area contributed by atoms with Crippen molar-refractivity contribution in [1.82, 2.24) is 4.31 Å². The number of piperidine rings is 1. The quantitative estimate of drug-likeness (QED) is 0.735. The van der Waals surface area contributed by atoms with Crippen LogP contribution in [0.4, 0.5) is 18.9 Å². The standard InChI is InChI=1S/C21H23F3N2O3S/c1-14-6-5-7-15(2)26(14)30(28,29)17-12-10-16(11-13-17)25-20(27)18-8-3-4-9-19(18)21(22,23)24/h3-4,8-15H,5-7H2,1-2H3,(H,25,27). The zero-order valence-corrected chi connectivity index (χ0v) is 17.4. The van der Waals surface area contributed by atoms with Crippen LogP contribution in [0.25, 0.3) is 0 Å². The summed E-state index contributed by atoms with van der Waals surface area (Å²) >= 11 is 0. The van der Waals surface area contributed by atoms with Crippen LogP contribution in [-0.2, 0) is 16.2 Å². The molecule has 162 valence electrons. The first-order valence-electron chi connectivity index (χ1n) is 9.63. The van der Waals surface area contributed by atoms with Crippen LogP contribution in [0, 0.1) is 0 Å². The number of nitrogens with one attached hydrogen (secondary N) is 1. The highest BCUT2D eigenvalue weighted by Gasteiger charge is 2.36. The Morgan fingerprint density at radius 1 is 1.00 bits per heavy atom. The highest BCUT2D eigenvalue weighted by molar-refractivity contribution is 7.89. The summed E-state index contributed by atoms with van der Waals surface area (Å²) in [4.78, 5) is 12.4. The van der Waals surface area contributed by atoms with E-state index in [0.29, 0.717) is 0 Å². The monoisotopic (exact) mass is 440 g/mol. The van der Waals surface area contributed by atoms with Gasteiger partial charge in [0.2, 0.25) is 10.0 Å². The van der Waals surface area contributed by atoms with Gasteiger partial charge in [0.1, 0.15) is 0 Å². The first kappa shape index (κ1) is 22.3. The molecule has 0 spiro atoms. The minimum atomic E-state index is -4.66. The minimum Gasteiger partial charge on any atom is -0.322 e. The number of carbonyl (C=O) groups excluding carboxylic acids is 1. The lowest BCUT2D eigenvalue weighted by Gasteiger charge is -2.37. The molecule has 1 aliphatic rings. The predicted octanol–water partition coefficient (Wildman–Crippen LogP) is 4.91. The van der Waals surface area contributed by atoms with Crippen molar-refractivity contribution in [3.8, 4) is 0 Å². The topological polar surface area (TPSA) is 66.5 Å². The number of hydrogen-bond donors (Lipinski definition) is 1. The van der Waals surface area contributed by atoms with E-state index in [1.807, 2.05) is 13.8 Å². The number of halogens is 3. The normalized spacial score (nSPS) is 20.7. The average molecular weight is 440 g/mol. The highest BCUT2D eigenvalue weighted by Crippen LogP contribution is 2.33. The van der Waals surface area contributed by atoms with Gasteiger partial charge >= 0.3 is 6.18 Å². The lowest BCUT2D eigenvalue weighted by Crippen LogP contribution is -2.47. The van der Waals surface area contributed by atoms with Gasteiger partial charge in [0.15, 0.2) is 0 Å². The second-order valence-electron chi connectivity index (χ2n) is 7.49. The Kier molecular flexibility index (Phi) is 6.24. The van der Waals surface area contributed by atoms with Gasteiger partial charge < -0.3 is 5.32 Å². The van der Waals surface area contributed by atoms with Gasteiger partial charge in [-0.1, -0.05) is 18.6 Å². The third kappa shape index (κ3) is 4.52. The molecule has 2 atom stereocenters. The molecule has 0 aromatic heterocycles. The van der Waals surface area contributed by atoms with Crippen molar-refractivity contribution in [2.24, 2.45) is 0 Å². The van der Waals surface area contributed by atoms with E-state index in [9.17, 15) is 26.4 Å². The molecule has 1 aliphatic heterocycles. The smallest absolute Gasteiger partial charge is 0.322 e. The summed E-state index contributed by atoms with van der Waals surface area (Å²) in [6.07, 6.45) is -2.11. The predicted molar refractivity (Wildman–Crippen MR) is 108 cm³/mol. The highest BCUT2D eigenvalue weighted by atomic mass is 32.2. The number of hydrogen-bond acceptors (Lipinski definition) is 3. The van der Waals surface area contributed by atoms with Gasteiger partial charge in [-0.2, -0.15) is 17.5 Å². The third-order valence-corrected chi connectivity index (χ3v) is 7.42. The molecule has 9 heteroatoms. The van der Waals surface area contributed by atoms with Crippen molar-refractivity contribution < 1.29 is 26.4 Å². The van der Waals surface area contributed by atoms with Crippen molar-refractivity contribution in [1.29, 1.82) is 0 Å². The van der Waals surface area contributed by atoms with Gasteiger partial charge in [0.05, 0.1) is 16.0 Å². The average Bonchev–Trinajstić information content (AvgIpc) is 2.67. The summed E-state index contributed by atoms with van der Waals surface area (Å²) in [6.45, 7) is 3.75. The summed E-state index contributed by atoms with van der Waals surface area (Å²) in [5.74, 6) is -0.920. The molecule has 0 radical (unpaired) electrons. The third-order valence-electron chi connectivity index (χ3n) is 5.28. The van der Waals surface area contributed by atoms with Crippen LogP contribution in [0.5, 0.6) is 0 Å². The molecule has 1 N–H and O–H groups in total. The Hall–Kier alpha value is -2.39. The number of sulfonamides is 1. The molecule has 3 rings (SSSR count). The zero-order valence-electron chi connectivity index (χ0n) is 16.6. The number of alkyl halides is 3. The van der Waals surface area contributed by atoms with Crippen LogP contribution < -0.4 is 5.32 Å². The van der Waals surface area contributed by atoms with E-state index in [2.05, 4.69) is 5.32 Å². The second kappa shape index (κ2) is 8.39. The Balaban J connectivity index is 1.81. The summed E-state index contributed by atoms with van der Waals surface area (Å²) < 4.78 is 66.9. The maximum atomic E-state index is 13.1. The minimum absolute atomic E-state index is 0.0804. The molecule has 1 heterocycles. The number of benzene rings is 2. The van der Waals surface area contributed by atoms with E-state index >= 15 is 0 Å². The van der Waals surface area contributed by atoms with Crippen molar-refractivity contribution in [2.45, 2.75) is 56.3 Å². The van der Waals surface area contributed by atoms with Crippen LogP contribution in [-0.4, -0.2) is 30.7 Å². The van der Waals surface area contributed by atoms with Gasteiger partial charge in [0.25, 0.3) is 5.91 Å². The zero-order chi connectivity index (χ0) is 22.1. The molecule has 1 saturated heterocycles. The number of nitrogens with zero attached hydrogens (tertiary/aromatic N) is 1. The Morgan fingerprint density at radius 3 is 2.13 bits per heavy atom. The molecule has 0 aliphatic carbocycles. The summed E-state index contributed by atoms with van der Waals surface area (Å²) in [7, 11) is -3.71. The van der Waals surface area contributed by atoms with Crippen molar-refractivity contribution in [3.63, 3.8) is 0 Å². The molecule has 5 nitrogen and oxygen atoms in total. The molecule has 2 aromatic carbocycles. The van der Waals surface area contributed by atoms with E-state index in [-0.39, 0.29) is 22.7 Å². The van der Waals surface area contributed by atoms with Crippen molar-refractivity contribution in [2.75, 3.05) is 5.32 Å². The maximum absolute atomic E-state index is 13.1. The first-order chi connectivity index (χ1) is 14.0. The fraction of sp³-hybridized carbons (Fsp3) is 0.381. The number of rotatable bonds is 4. The van der Waals surface area contributed by atoms with E-state index in [4.69, 9.17) is 0 Å². The Bertz CT molecular complexity index is 1010. The van der Waals surface area contributed by atoms with Crippen LogP contribution in [0.2, 0.25) is 0 Å². The second-order valence-corrected chi connectivity index (χ2v) is 9.33. The fourth-order valence-corrected chi connectivity index (χ4v) is 5.71. The van der Waals surface area contributed by atoms with E-state index in [0.717, 1.165) is 31.4 Å². The SMILES string of the molecule is CC1CCCC(C)N1S(=O)(=O)c1ccc(NC(=O)c2ccccc2C(F)(F)F)cc1. The van der Waals surface area contributed by atoms with E-state index < -0.39 is 33.2 Å². The molecule has 0 bridgehead atoms. The number of anilines is 1. The molecule has 1 amide bonds. The fourth-order valence-electron chi connectivity index (χ4n) is 3.83. The largest absolute Gasteiger partial charge is 0.417 e. The number of carbonyl (C=O) groups is 1. The lowest BCUT2D eigenvalue weighted by atomic mass is 10.0. The van der Waals surface area contributed by atoms with Crippen LogP contribution in [0.1, 0.15) is 49.0 Å². The summed E-state index contributed by atoms with van der Waals surface area (Å²) in [5.41, 5.74) is -1.33. The van der Waals surface area contributed by atoms with Gasteiger partial charge in [-0.15, -0.1) is 0 Å². The maximum Gasteiger partial charge on any atom is 0.417 e. The van der Waals surface area contributed by atoms with Crippen LogP contribution in [0.15, 0.2) is 53.4 Å². The van der Waals surface area contributed by atoms with Gasteiger partial charge in [-0.25, -0.2) is 8.42 Å². The Morgan fingerprint density at radius 2 is 1.57 bits per heavy atom. The molecule has 0 saturated carbocycles. The molecular formula is C21H23F3N2O3S. The van der Waals surface area contributed by atoms with E-state index in [1.165, 1.54) is 40.7 Å². The molecule has 2 aromatic rings. The summed E-state index contributed by atoms with van der Waals surface area (Å²) in [6, 6.07) is 9.72. The molecule has 30 heavy (non-hydrogen) atoms. The van der Waals surface area contributed by atoms with E-state index in [1.54, 1.807) is 0 Å². The number of amides is 1. The van der Waals surface area contributed by atoms with Crippen molar-refractivity contribution in [3.05, 3.63) is 59.7 Å². The first-order valence-corrected chi connectivity index (χ1v) is 11.1. The van der Waals surface area contributed by atoms with Crippen molar-refractivity contribution >= 4 is 21.6 Å². The molecular weight excluding hydrogens is 417 g/mol. The van der Waals surface area contributed by atoms with Gasteiger partial charge in [-0.3, -0.25) is 4.79 Å². The lowest BCUT2D eigenvalue weighted by molar-refractivity contribution is -0.137. The van der Waals surface area contributed by atoms with Gasteiger partial charge in [-0.05, 0) is 63.1 Å². The van der Waals surface area contributed by atoms with Crippen LogP contribution >= 0.6 is 0 Å².